The molecule has 1 saturated carbocycles. The van der Waals surface area contributed by atoms with Crippen LogP contribution in [0.1, 0.15) is 35.4 Å². The molecule has 0 aromatic carbocycles. The Morgan fingerprint density at radius 3 is 3.00 bits per heavy atom. The summed E-state index contributed by atoms with van der Waals surface area (Å²) in [6.07, 6.45) is 3.30. The van der Waals surface area contributed by atoms with Gasteiger partial charge in [0.15, 0.2) is 0 Å². The Morgan fingerprint density at radius 2 is 2.29 bits per heavy atom. The Labute approximate surface area is 105 Å². The second-order valence-corrected chi connectivity index (χ2v) is 5.17. The van der Waals surface area contributed by atoms with E-state index in [1.54, 1.807) is 13.2 Å². The van der Waals surface area contributed by atoms with Crippen molar-refractivity contribution in [3.8, 4) is 5.75 Å². The van der Waals surface area contributed by atoms with Crippen LogP contribution in [0.5, 0.6) is 5.75 Å². The van der Waals surface area contributed by atoms with E-state index in [-0.39, 0.29) is 11.9 Å². The van der Waals surface area contributed by atoms with Gasteiger partial charge in [0.2, 0.25) is 0 Å². The van der Waals surface area contributed by atoms with Gasteiger partial charge in [-0.05, 0) is 24.3 Å². The van der Waals surface area contributed by atoms with Crippen LogP contribution in [-0.4, -0.2) is 30.3 Å². The van der Waals surface area contributed by atoms with Crippen LogP contribution in [0.2, 0.25) is 0 Å². The van der Waals surface area contributed by atoms with Crippen molar-refractivity contribution in [3.63, 3.8) is 0 Å². The molecule has 1 aromatic heterocycles. The van der Waals surface area contributed by atoms with Gasteiger partial charge in [-0.1, -0.05) is 12.8 Å². The molecule has 1 aliphatic carbocycles. The van der Waals surface area contributed by atoms with E-state index in [2.05, 4.69) is 5.32 Å². The number of carbonyl (C=O) groups excluding carboxylic acids is 1. The molecule has 2 N–H and O–H groups in total. The lowest BCUT2D eigenvalue weighted by atomic mass is 9.92. The number of ether oxygens (including phenoxy) is 1. The molecule has 0 radical (unpaired) electrons. The molecule has 2 rings (SSSR count). The fraction of sp³-hybridized carbons (Fsp3) is 0.583. The van der Waals surface area contributed by atoms with E-state index in [0.717, 1.165) is 25.7 Å². The average molecular weight is 255 g/mol. The maximum atomic E-state index is 12.0. The highest BCUT2D eigenvalue weighted by molar-refractivity contribution is 7.12. The predicted octanol–water partition coefficient (Wildman–Crippen LogP) is 1.79. The Morgan fingerprint density at radius 1 is 1.53 bits per heavy atom. The highest BCUT2D eigenvalue weighted by Crippen LogP contribution is 2.25. The molecular weight excluding hydrogens is 238 g/mol. The van der Waals surface area contributed by atoms with Gasteiger partial charge in [-0.2, -0.15) is 0 Å². The number of aliphatic hydroxyl groups excluding tert-OH is 1. The van der Waals surface area contributed by atoms with Gasteiger partial charge in [0.05, 0.1) is 19.3 Å². The van der Waals surface area contributed by atoms with Crippen molar-refractivity contribution in [1.29, 1.82) is 0 Å². The monoisotopic (exact) mass is 255 g/mol. The molecule has 94 valence electrons. The molecular formula is C12H17NO3S. The molecule has 0 aliphatic heterocycles. The van der Waals surface area contributed by atoms with Crippen LogP contribution in [0.3, 0.4) is 0 Å². The lowest BCUT2D eigenvalue weighted by Gasteiger charge is -2.28. The van der Waals surface area contributed by atoms with Gasteiger partial charge in [0.25, 0.3) is 5.91 Å². The first-order chi connectivity index (χ1) is 8.22. The largest absolute Gasteiger partial charge is 0.495 e. The first-order valence-electron chi connectivity index (χ1n) is 5.83. The number of carbonyl (C=O) groups is 1. The number of methoxy groups -OCH3 is 1. The molecule has 0 saturated heterocycles. The van der Waals surface area contributed by atoms with E-state index in [1.807, 2.05) is 5.38 Å². The van der Waals surface area contributed by atoms with Crippen molar-refractivity contribution in [2.75, 3.05) is 7.11 Å². The lowest BCUT2D eigenvalue weighted by Crippen LogP contribution is -2.44. The van der Waals surface area contributed by atoms with Gasteiger partial charge in [0.1, 0.15) is 10.6 Å². The SMILES string of the molecule is COc1ccsc1C(=O)N[C@H]1CCCC[C@@H]1O. The summed E-state index contributed by atoms with van der Waals surface area (Å²) in [5.41, 5.74) is 0. The third-order valence-electron chi connectivity index (χ3n) is 3.10. The molecule has 1 amide bonds. The molecule has 5 heteroatoms. The number of hydrogen-bond donors (Lipinski definition) is 2. The van der Waals surface area contributed by atoms with Gasteiger partial charge in [-0.3, -0.25) is 4.79 Å². The Balaban J connectivity index is 2.01. The van der Waals surface area contributed by atoms with Gasteiger partial charge in [-0.15, -0.1) is 11.3 Å². The fourth-order valence-electron chi connectivity index (χ4n) is 2.14. The van der Waals surface area contributed by atoms with Gasteiger partial charge in [-0.25, -0.2) is 0 Å². The van der Waals surface area contributed by atoms with E-state index in [9.17, 15) is 9.90 Å². The maximum Gasteiger partial charge on any atom is 0.265 e. The number of amides is 1. The summed E-state index contributed by atoms with van der Waals surface area (Å²) in [5, 5.41) is 14.5. The quantitative estimate of drug-likeness (QED) is 0.865. The molecule has 1 heterocycles. The van der Waals surface area contributed by atoms with Crippen LogP contribution >= 0.6 is 11.3 Å². The zero-order valence-corrected chi connectivity index (χ0v) is 10.6. The van der Waals surface area contributed by atoms with Crippen LogP contribution < -0.4 is 10.1 Å². The smallest absolute Gasteiger partial charge is 0.265 e. The van der Waals surface area contributed by atoms with Crippen molar-refractivity contribution in [1.82, 2.24) is 5.32 Å². The van der Waals surface area contributed by atoms with E-state index in [4.69, 9.17) is 4.74 Å². The topological polar surface area (TPSA) is 58.6 Å². The van der Waals surface area contributed by atoms with Crippen molar-refractivity contribution < 1.29 is 14.6 Å². The summed E-state index contributed by atoms with van der Waals surface area (Å²) in [7, 11) is 1.55. The fourth-order valence-corrected chi connectivity index (χ4v) is 2.90. The summed E-state index contributed by atoms with van der Waals surface area (Å²) in [6.45, 7) is 0. The van der Waals surface area contributed by atoms with Gasteiger partial charge in [0, 0.05) is 0 Å². The van der Waals surface area contributed by atoms with Crippen molar-refractivity contribution in [2.45, 2.75) is 37.8 Å². The molecule has 17 heavy (non-hydrogen) atoms. The number of nitrogens with one attached hydrogen (secondary N) is 1. The van der Waals surface area contributed by atoms with Crippen LogP contribution in [0.15, 0.2) is 11.4 Å². The van der Waals surface area contributed by atoms with Crippen LogP contribution in [0, 0.1) is 0 Å². The summed E-state index contributed by atoms with van der Waals surface area (Å²) in [4.78, 5) is 12.6. The molecule has 0 bridgehead atoms. The molecule has 1 aromatic rings. The zero-order valence-electron chi connectivity index (χ0n) is 9.81. The van der Waals surface area contributed by atoms with Crippen LogP contribution in [0.25, 0.3) is 0 Å². The second kappa shape index (κ2) is 5.51. The third kappa shape index (κ3) is 2.79. The highest BCUT2D eigenvalue weighted by Gasteiger charge is 2.26. The first-order valence-corrected chi connectivity index (χ1v) is 6.70. The van der Waals surface area contributed by atoms with E-state index in [0.29, 0.717) is 10.6 Å². The Hall–Kier alpha value is -1.07. The molecule has 4 nitrogen and oxygen atoms in total. The van der Waals surface area contributed by atoms with Crippen molar-refractivity contribution in [3.05, 3.63) is 16.3 Å². The van der Waals surface area contributed by atoms with Crippen molar-refractivity contribution in [2.24, 2.45) is 0 Å². The summed E-state index contributed by atoms with van der Waals surface area (Å²) in [5.74, 6) is 0.445. The van der Waals surface area contributed by atoms with E-state index in [1.165, 1.54) is 11.3 Å². The summed E-state index contributed by atoms with van der Waals surface area (Å²) >= 11 is 1.35. The van der Waals surface area contributed by atoms with Crippen molar-refractivity contribution >= 4 is 17.2 Å². The average Bonchev–Trinajstić information content (AvgIpc) is 2.80. The molecule has 2 atom stereocenters. The van der Waals surface area contributed by atoms with E-state index >= 15 is 0 Å². The Kier molecular flexibility index (Phi) is 4.02. The lowest BCUT2D eigenvalue weighted by molar-refractivity contribution is 0.0718. The van der Waals surface area contributed by atoms with E-state index < -0.39 is 6.10 Å². The minimum atomic E-state index is -0.418. The number of thiophene rings is 1. The summed E-state index contributed by atoms with van der Waals surface area (Å²) < 4.78 is 5.11. The van der Waals surface area contributed by atoms with Crippen LogP contribution in [0.4, 0.5) is 0 Å². The maximum absolute atomic E-state index is 12.0. The minimum Gasteiger partial charge on any atom is -0.495 e. The predicted molar refractivity (Wildman–Crippen MR) is 66.6 cm³/mol. The standard InChI is InChI=1S/C12H17NO3S/c1-16-10-6-7-17-11(10)12(15)13-8-4-2-3-5-9(8)14/h6-9,14H,2-5H2,1H3,(H,13,15)/t8-,9-/m0/s1. The number of aliphatic hydroxyl groups is 1. The zero-order chi connectivity index (χ0) is 12.3. The molecule has 0 unspecified atom stereocenters. The normalized spacial score (nSPS) is 24.4. The van der Waals surface area contributed by atoms with Gasteiger partial charge < -0.3 is 15.2 Å². The number of hydrogen-bond acceptors (Lipinski definition) is 4. The first kappa shape index (κ1) is 12.4. The highest BCUT2D eigenvalue weighted by atomic mass is 32.1. The Bertz CT molecular complexity index is 391. The third-order valence-corrected chi connectivity index (χ3v) is 4.00. The molecule has 1 fully saturated rings. The van der Waals surface area contributed by atoms with Gasteiger partial charge >= 0.3 is 0 Å². The van der Waals surface area contributed by atoms with Crippen LogP contribution in [-0.2, 0) is 0 Å². The minimum absolute atomic E-state index is 0.122. The summed E-state index contributed by atoms with van der Waals surface area (Å²) in [6, 6.07) is 1.65. The molecule has 1 aliphatic rings. The number of rotatable bonds is 3. The molecule has 0 spiro atoms. The second-order valence-electron chi connectivity index (χ2n) is 4.25.